The molecular formula is C36H34N2O6. The predicted molar refractivity (Wildman–Crippen MR) is 166 cm³/mol. The summed E-state index contributed by atoms with van der Waals surface area (Å²) < 4.78 is 0. The first kappa shape index (κ1) is 30.2. The van der Waals surface area contributed by atoms with Crippen molar-refractivity contribution in [2.24, 2.45) is 23.7 Å². The number of benzene rings is 4. The van der Waals surface area contributed by atoms with E-state index in [1.165, 1.54) is 23.9 Å². The summed E-state index contributed by atoms with van der Waals surface area (Å²) >= 11 is 0. The van der Waals surface area contributed by atoms with Gasteiger partial charge in [-0.25, -0.2) is 0 Å². The molecule has 5 rings (SSSR count). The van der Waals surface area contributed by atoms with Crippen molar-refractivity contribution in [1.82, 2.24) is 9.80 Å². The van der Waals surface area contributed by atoms with E-state index in [0.29, 0.717) is 0 Å². The lowest BCUT2D eigenvalue weighted by atomic mass is 9.55. The molecule has 1 aliphatic rings. The van der Waals surface area contributed by atoms with Crippen molar-refractivity contribution in [2.45, 2.75) is 13.1 Å². The zero-order valence-electron chi connectivity index (χ0n) is 24.5. The molecule has 2 amide bonds. The van der Waals surface area contributed by atoms with E-state index in [1.807, 2.05) is 109 Å². The molecule has 8 nitrogen and oxygen atoms in total. The summed E-state index contributed by atoms with van der Waals surface area (Å²) in [7, 11) is 3.04. The Morgan fingerprint density at radius 3 is 1.07 bits per heavy atom. The van der Waals surface area contributed by atoms with Gasteiger partial charge in [0.05, 0.1) is 23.7 Å². The minimum absolute atomic E-state index is 0.167. The monoisotopic (exact) mass is 590 g/mol. The second-order valence-electron chi connectivity index (χ2n) is 11.3. The van der Waals surface area contributed by atoms with Crippen LogP contribution in [0.15, 0.2) is 109 Å². The van der Waals surface area contributed by atoms with Gasteiger partial charge in [0.25, 0.3) is 0 Å². The summed E-state index contributed by atoms with van der Waals surface area (Å²) in [6, 6.07) is 34.9. The molecule has 0 spiro atoms. The second kappa shape index (κ2) is 13.0. The van der Waals surface area contributed by atoms with Crippen LogP contribution in [0.3, 0.4) is 0 Å². The van der Waals surface area contributed by atoms with Gasteiger partial charge in [0.2, 0.25) is 11.8 Å². The summed E-state index contributed by atoms with van der Waals surface area (Å²) in [4.78, 5) is 54.4. The molecule has 224 valence electrons. The number of nitrogens with zero attached hydrogens (tertiary/aromatic N) is 2. The third kappa shape index (κ3) is 6.24. The van der Waals surface area contributed by atoms with Gasteiger partial charge in [-0.15, -0.1) is 0 Å². The van der Waals surface area contributed by atoms with Gasteiger partial charge in [-0.05, 0) is 33.4 Å². The minimum Gasteiger partial charge on any atom is -0.481 e. The van der Waals surface area contributed by atoms with Crippen LogP contribution in [0, 0.1) is 23.7 Å². The van der Waals surface area contributed by atoms with Crippen molar-refractivity contribution < 1.29 is 29.4 Å². The molecule has 44 heavy (non-hydrogen) atoms. The molecule has 2 N–H and O–H groups in total. The standard InChI is InChI=1S/C36H34N2O6/c1-37(21-23-13-17-27(18-14-23)25-9-5-3-6-10-25)33(39)29-31(35(41)42)30(32(29)36(43)44)34(40)38(2)22-24-15-19-28(20-16-24)26-11-7-4-8-12-26/h3-20,29-32H,21-22H2,1-2H3,(H,41,42)(H,43,44). The van der Waals surface area contributed by atoms with Crippen LogP contribution in [0.4, 0.5) is 0 Å². The Hall–Kier alpha value is -5.24. The molecule has 0 saturated heterocycles. The zero-order valence-corrected chi connectivity index (χ0v) is 24.5. The van der Waals surface area contributed by atoms with Crippen LogP contribution in [-0.2, 0) is 32.3 Å². The number of carbonyl (C=O) groups excluding carboxylic acids is 2. The first-order valence-corrected chi connectivity index (χ1v) is 14.4. The van der Waals surface area contributed by atoms with Gasteiger partial charge in [-0.1, -0.05) is 109 Å². The number of hydrogen-bond donors (Lipinski definition) is 2. The highest BCUT2D eigenvalue weighted by Gasteiger charge is 2.64. The highest BCUT2D eigenvalue weighted by molar-refractivity contribution is 5.99. The van der Waals surface area contributed by atoms with Crippen molar-refractivity contribution in [3.63, 3.8) is 0 Å². The minimum atomic E-state index is -1.44. The lowest BCUT2D eigenvalue weighted by Crippen LogP contribution is -2.63. The molecule has 0 aromatic heterocycles. The SMILES string of the molecule is CN(Cc1ccc(-c2ccccc2)cc1)C(=O)C1C(C(=O)O)C(C(=O)N(C)Cc2ccc(-c3ccccc3)cc2)C1C(=O)O. The topological polar surface area (TPSA) is 115 Å². The van der Waals surface area contributed by atoms with Crippen LogP contribution in [-0.4, -0.2) is 57.9 Å². The van der Waals surface area contributed by atoms with Crippen molar-refractivity contribution >= 4 is 23.8 Å². The summed E-state index contributed by atoms with van der Waals surface area (Å²) in [5, 5.41) is 20.1. The largest absolute Gasteiger partial charge is 0.481 e. The quantitative estimate of drug-likeness (QED) is 0.260. The fraction of sp³-hybridized carbons (Fsp3) is 0.222. The smallest absolute Gasteiger partial charge is 0.308 e. The van der Waals surface area contributed by atoms with E-state index in [2.05, 4.69) is 0 Å². The van der Waals surface area contributed by atoms with Crippen LogP contribution in [0.5, 0.6) is 0 Å². The Morgan fingerprint density at radius 2 is 0.773 bits per heavy atom. The van der Waals surface area contributed by atoms with Crippen LogP contribution in [0.1, 0.15) is 11.1 Å². The molecule has 4 aromatic rings. The summed E-state index contributed by atoms with van der Waals surface area (Å²) in [6.07, 6.45) is 0. The van der Waals surface area contributed by atoms with E-state index >= 15 is 0 Å². The molecule has 0 atom stereocenters. The van der Waals surface area contributed by atoms with E-state index in [1.54, 1.807) is 0 Å². The zero-order chi connectivity index (χ0) is 31.4. The third-order valence-electron chi connectivity index (χ3n) is 8.40. The molecule has 8 heteroatoms. The van der Waals surface area contributed by atoms with Gasteiger partial charge in [-0.2, -0.15) is 0 Å². The second-order valence-corrected chi connectivity index (χ2v) is 11.3. The summed E-state index contributed by atoms with van der Waals surface area (Å²) in [6.45, 7) is 0.334. The maximum absolute atomic E-state index is 13.5. The maximum atomic E-state index is 13.5. The Kier molecular flexibility index (Phi) is 8.90. The average Bonchev–Trinajstić information content (AvgIpc) is 3.01. The first-order valence-electron chi connectivity index (χ1n) is 14.4. The van der Waals surface area contributed by atoms with Gasteiger partial charge in [-0.3, -0.25) is 19.2 Å². The normalized spacial score (nSPS) is 19.0. The molecule has 0 aliphatic heterocycles. The third-order valence-corrected chi connectivity index (χ3v) is 8.40. The first-order chi connectivity index (χ1) is 21.2. The number of hydrogen-bond acceptors (Lipinski definition) is 4. The number of aliphatic carboxylic acids is 2. The maximum Gasteiger partial charge on any atom is 0.308 e. The van der Waals surface area contributed by atoms with E-state index in [0.717, 1.165) is 33.4 Å². The predicted octanol–water partition coefficient (Wildman–Crippen LogP) is 5.29. The number of amides is 2. The highest BCUT2D eigenvalue weighted by Crippen LogP contribution is 2.48. The highest BCUT2D eigenvalue weighted by atomic mass is 16.4. The fourth-order valence-corrected chi connectivity index (χ4v) is 6.06. The Bertz CT molecular complexity index is 1510. The molecule has 0 unspecified atom stereocenters. The number of carbonyl (C=O) groups is 4. The Labute approximate surface area is 256 Å². The van der Waals surface area contributed by atoms with Crippen molar-refractivity contribution in [3.8, 4) is 22.3 Å². The summed E-state index contributed by atoms with van der Waals surface area (Å²) in [5.74, 6) is -9.54. The molecular weight excluding hydrogens is 556 g/mol. The molecule has 0 radical (unpaired) electrons. The lowest BCUT2D eigenvalue weighted by molar-refractivity contribution is -0.186. The van der Waals surface area contributed by atoms with Crippen LogP contribution in [0.2, 0.25) is 0 Å². The van der Waals surface area contributed by atoms with Gasteiger partial charge in [0.1, 0.15) is 0 Å². The van der Waals surface area contributed by atoms with Crippen molar-refractivity contribution in [3.05, 3.63) is 120 Å². The van der Waals surface area contributed by atoms with Gasteiger partial charge in [0.15, 0.2) is 0 Å². The van der Waals surface area contributed by atoms with Crippen LogP contribution < -0.4 is 0 Å². The van der Waals surface area contributed by atoms with Crippen LogP contribution >= 0.6 is 0 Å². The number of carboxylic acid groups (broad SMARTS) is 2. The van der Waals surface area contributed by atoms with Crippen LogP contribution in [0.25, 0.3) is 22.3 Å². The van der Waals surface area contributed by atoms with Gasteiger partial charge >= 0.3 is 11.9 Å². The number of rotatable bonds is 10. The molecule has 0 bridgehead atoms. The Morgan fingerprint density at radius 1 is 0.477 bits per heavy atom. The molecule has 0 heterocycles. The van der Waals surface area contributed by atoms with E-state index in [9.17, 15) is 29.4 Å². The number of carboxylic acids is 2. The van der Waals surface area contributed by atoms with E-state index in [-0.39, 0.29) is 13.1 Å². The Balaban J connectivity index is 1.27. The molecule has 1 saturated carbocycles. The van der Waals surface area contributed by atoms with Crippen molar-refractivity contribution in [1.29, 1.82) is 0 Å². The molecule has 1 aliphatic carbocycles. The average molecular weight is 591 g/mol. The van der Waals surface area contributed by atoms with Gasteiger partial charge in [0, 0.05) is 27.2 Å². The van der Waals surface area contributed by atoms with E-state index < -0.39 is 47.4 Å². The molecule has 4 aromatic carbocycles. The summed E-state index contributed by atoms with van der Waals surface area (Å²) in [5.41, 5.74) is 5.75. The van der Waals surface area contributed by atoms with Gasteiger partial charge < -0.3 is 20.0 Å². The fourth-order valence-electron chi connectivity index (χ4n) is 6.06. The van der Waals surface area contributed by atoms with Crippen molar-refractivity contribution in [2.75, 3.05) is 14.1 Å². The van der Waals surface area contributed by atoms with E-state index in [4.69, 9.17) is 0 Å². The lowest BCUT2D eigenvalue weighted by Gasteiger charge is -2.47. The molecule has 1 fully saturated rings.